The summed E-state index contributed by atoms with van der Waals surface area (Å²) in [6.07, 6.45) is 49.0. The fourth-order valence-corrected chi connectivity index (χ4v) is 5.59. The highest BCUT2D eigenvalue weighted by Gasteiger charge is 2.02. The number of nitrogens with zero attached hydrogens (tertiary/aromatic N) is 1. The average molecular weight is 546 g/mol. The minimum absolute atomic E-state index is 1.23. The fourth-order valence-electron chi connectivity index (χ4n) is 5.59. The van der Waals surface area contributed by atoms with E-state index in [1.807, 2.05) is 0 Å². The van der Waals surface area contributed by atoms with Crippen LogP contribution < -0.4 is 0 Å². The van der Waals surface area contributed by atoms with Crippen molar-refractivity contribution in [2.45, 2.75) is 201 Å². The van der Waals surface area contributed by atoms with Gasteiger partial charge in [-0.25, -0.2) is 0 Å². The van der Waals surface area contributed by atoms with Crippen LogP contribution in [0.25, 0.3) is 0 Å². The lowest BCUT2D eigenvalue weighted by molar-refractivity contribution is 0.273. The van der Waals surface area contributed by atoms with Gasteiger partial charge in [0.15, 0.2) is 0 Å². The van der Waals surface area contributed by atoms with E-state index >= 15 is 0 Å². The molecule has 0 aromatic heterocycles. The Hall–Kier alpha value is -0.560. The molecule has 0 heterocycles. The Labute approximate surface area is 249 Å². The van der Waals surface area contributed by atoms with Crippen LogP contribution in [0.1, 0.15) is 201 Å². The number of hydrogen-bond donors (Lipinski definition) is 0. The molecule has 0 saturated carbocycles. The molecule has 0 aliphatic heterocycles. The van der Waals surface area contributed by atoms with E-state index in [1.165, 1.54) is 199 Å². The molecule has 0 saturated heterocycles. The lowest BCUT2D eigenvalue weighted by atomic mass is 10.1. The second kappa shape index (κ2) is 35.5. The lowest BCUT2D eigenvalue weighted by Crippen LogP contribution is -2.25. The van der Waals surface area contributed by atoms with Crippen LogP contribution in [0, 0.1) is 0 Å². The third-order valence-electron chi connectivity index (χ3n) is 8.42. The van der Waals surface area contributed by atoms with Gasteiger partial charge in [-0.3, -0.25) is 0 Å². The second-order valence-electron chi connectivity index (χ2n) is 12.3. The van der Waals surface area contributed by atoms with E-state index in [-0.39, 0.29) is 0 Å². The lowest BCUT2D eigenvalue weighted by Gasteiger charge is -2.20. The highest BCUT2D eigenvalue weighted by molar-refractivity contribution is 4.82. The van der Waals surface area contributed by atoms with Gasteiger partial charge in [-0.1, -0.05) is 161 Å². The summed E-state index contributed by atoms with van der Waals surface area (Å²) >= 11 is 0. The summed E-state index contributed by atoms with van der Waals surface area (Å²) in [6.45, 7) is 10.8. The van der Waals surface area contributed by atoms with Crippen molar-refractivity contribution in [3.63, 3.8) is 0 Å². The normalized spacial score (nSPS) is 12.1. The van der Waals surface area contributed by atoms with E-state index in [0.717, 1.165) is 0 Å². The van der Waals surface area contributed by atoms with Crippen molar-refractivity contribution in [1.29, 1.82) is 0 Å². The van der Waals surface area contributed by atoms with E-state index < -0.39 is 0 Å². The van der Waals surface area contributed by atoms with Gasteiger partial charge < -0.3 is 4.90 Å². The maximum atomic E-state index is 2.70. The third kappa shape index (κ3) is 33.5. The first-order chi connectivity index (χ1) is 19.3. The zero-order valence-corrected chi connectivity index (χ0v) is 27.7. The van der Waals surface area contributed by atoms with Crippen LogP contribution in [0.3, 0.4) is 0 Å². The molecule has 0 rings (SSSR count). The molecule has 0 amide bonds. The van der Waals surface area contributed by atoms with Gasteiger partial charge in [0.2, 0.25) is 0 Å². The second-order valence-corrected chi connectivity index (χ2v) is 12.3. The van der Waals surface area contributed by atoms with Crippen molar-refractivity contribution in [2.75, 3.05) is 19.6 Å². The standard InChI is InChI=1S/C38H75N/c1-4-7-9-11-13-15-17-19-21-23-25-27-29-31-33-35-37-39(6-3)38-36-34-32-30-28-26-24-22-20-18-16-14-12-10-8-5-2/h19-22H,4-18,23-38H2,1-3H3. The number of hydrogen-bond acceptors (Lipinski definition) is 1. The van der Waals surface area contributed by atoms with E-state index in [1.54, 1.807) is 0 Å². The summed E-state index contributed by atoms with van der Waals surface area (Å²) in [5.74, 6) is 0. The van der Waals surface area contributed by atoms with E-state index in [9.17, 15) is 0 Å². The summed E-state index contributed by atoms with van der Waals surface area (Å²) in [6, 6.07) is 0. The number of rotatable bonds is 33. The summed E-state index contributed by atoms with van der Waals surface area (Å²) in [5, 5.41) is 0. The highest BCUT2D eigenvalue weighted by Crippen LogP contribution is 2.12. The summed E-state index contributed by atoms with van der Waals surface area (Å²) < 4.78 is 0. The first-order valence-electron chi connectivity index (χ1n) is 18.4. The molecule has 0 aromatic carbocycles. The summed E-state index contributed by atoms with van der Waals surface area (Å²) in [4.78, 5) is 2.70. The van der Waals surface area contributed by atoms with Crippen LogP contribution in [-0.4, -0.2) is 24.5 Å². The first kappa shape index (κ1) is 38.4. The van der Waals surface area contributed by atoms with Crippen LogP contribution in [0.15, 0.2) is 24.3 Å². The summed E-state index contributed by atoms with van der Waals surface area (Å²) in [7, 11) is 0. The average Bonchev–Trinajstić information content (AvgIpc) is 2.95. The predicted molar refractivity (Wildman–Crippen MR) is 181 cm³/mol. The Morgan fingerprint density at radius 1 is 0.308 bits per heavy atom. The molecule has 0 unspecified atom stereocenters. The quantitative estimate of drug-likeness (QED) is 0.0585. The van der Waals surface area contributed by atoms with Crippen molar-refractivity contribution in [2.24, 2.45) is 0 Å². The topological polar surface area (TPSA) is 3.24 Å². The zero-order valence-electron chi connectivity index (χ0n) is 27.7. The molecule has 0 fully saturated rings. The minimum atomic E-state index is 1.23. The molecule has 0 radical (unpaired) electrons. The van der Waals surface area contributed by atoms with Crippen LogP contribution in [0.2, 0.25) is 0 Å². The van der Waals surface area contributed by atoms with Gasteiger partial charge in [-0.2, -0.15) is 0 Å². The molecule has 0 atom stereocenters. The molecular formula is C38H75N. The van der Waals surface area contributed by atoms with E-state index in [4.69, 9.17) is 0 Å². The molecule has 0 aromatic rings. The fraction of sp³-hybridized carbons (Fsp3) is 0.895. The van der Waals surface area contributed by atoms with Crippen LogP contribution in [0.4, 0.5) is 0 Å². The van der Waals surface area contributed by atoms with Crippen molar-refractivity contribution < 1.29 is 0 Å². The van der Waals surface area contributed by atoms with Gasteiger partial charge in [0.1, 0.15) is 0 Å². The molecule has 0 N–H and O–H groups in total. The van der Waals surface area contributed by atoms with E-state index in [0.29, 0.717) is 0 Å². The van der Waals surface area contributed by atoms with Crippen molar-refractivity contribution in [3.05, 3.63) is 24.3 Å². The van der Waals surface area contributed by atoms with Gasteiger partial charge in [0, 0.05) is 0 Å². The van der Waals surface area contributed by atoms with Gasteiger partial charge in [-0.15, -0.1) is 0 Å². The minimum Gasteiger partial charge on any atom is -0.304 e. The van der Waals surface area contributed by atoms with E-state index in [2.05, 4.69) is 50.0 Å². The predicted octanol–water partition coefficient (Wildman–Crippen LogP) is 13.4. The van der Waals surface area contributed by atoms with Gasteiger partial charge in [0.25, 0.3) is 0 Å². The van der Waals surface area contributed by atoms with Crippen molar-refractivity contribution in [1.82, 2.24) is 4.90 Å². The number of allylic oxidation sites excluding steroid dienone is 4. The Bertz CT molecular complexity index is 437. The molecule has 0 spiro atoms. The molecular weight excluding hydrogens is 470 g/mol. The van der Waals surface area contributed by atoms with Gasteiger partial charge in [-0.05, 0) is 83.8 Å². The largest absolute Gasteiger partial charge is 0.304 e. The van der Waals surface area contributed by atoms with Gasteiger partial charge in [0.05, 0.1) is 0 Å². The molecule has 0 aliphatic rings. The van der Waals surface area contributed by atoms with Crippen LogP contribution in [0.5, 0.6) is 0 Å². The molecule has 0 bridgehead atoms. The molecule has 232 valence electrons. The van der Waals surface area contributed by atoms with Crippen LogP contribution in [-0.2, 0) is 0 Å². The SMILES string of the molecule is CCCCCCCCC=CCCCCCCCCN(CC)CCCCCCCCC=CCCCCCCCC. The zero-order chi connectivity index (χ0) is 28.3. The number of unbranched alkanes of at least 4 members (excludes halogenated alkanes) is 24. The third-order valence-corrected chi connectivity index (χ3v) is 8.42. The molecule has 1 nitrogen and oxygen atoms in total. The molecule has 0 aliphatic carbocycles. The van der Waals surface area contributed by atoms with Crippen molar-refractivity contribution >= 4 is 0 Å². The highest BCUT2D eigenvalue weighted by atomic mass is 15.1. The Kier molecular flexibility index (Phi) is 35.0. The Morgan fingerprint density at radius 3 is 0.846 bits per heavy atom. The molecule has 1 heteroatoms. The summed E-state index contributed by atoms with van der Waals surface area (Å²) in [5.41, 5.74) is 0. The smallest absolute Gasteiger partial charge is 0.00189 e. The Morgan fingerprint density at radius 2 is 0.564 bits per heavy atom. The first-order valence-corrected chi connectivity index (χ1v) is 18.4. The van der Waals surface area contributed by atoms with Crippen molar-refractivity contribution in [3.8, 4) is 0 Å². The molecule has 39 heavy (non-hydrogen) atoms. The van der Waals surface area contributed by atoms with Crippen LogP contribution >= 0.6 is 0 Å². The maximum absolute atomic E-state index is 2.70. The Balaban J connectivity index is 3.34. The maximum Gasteiger partial charge on any atom is -0.00189 e. The monoisotopic (exact) mass is 546 g/mol. The van der Waals surface area contributed by atoms with Gasteiger partial charge >= 0.3 is 0 Å².